The first-order chi connectivity index (χ1) is 15.6. The number of hydrogen-bond donors (Lipinski definition) is 1. The number of carbonyl (C=O) groups excluding carboxylic acids is 1. The number of carbonyl (C=O) groups is 2. The average Bonchev–Trinajstić information content (AvgIpc) is 2.82. The molecule has 0 aromatic carbocycles. The Morgan fingerprint density at radius 2 is 2.03 bits per heavy atom. The van der Waals surface area contributed by atoms with Gasteiger partial charge in [-0.2, -0.15) is 0 Å². The molecule has 32 heavy (non-hydrogen) atoms. The van der Waals surface area contributed by atoms with Crippen molar-refractivity contribution in [1.82, 2.24) is 19.2 Å². The zero-order valence-corrected chi connectivity index (χ0v) is 18.6. The molecule has 172 valence electrons. The third-order valence-corrected chi connectivity index (χ3v) is 7.34. The first-order valence-electron chi connectivity index (χ1n) is 11.7. The molecule has 0 saturated carbocycles. The van der Waals surface area contributed by atoms with Crippen molar-refractivity contribution in [3.63, 3.8) is 0 Å². The molecular formula is C24H32N4O4. The summed E-state index contributed by atoms with van der Waals surface area (Å²) in [4.78, 5) is 43.7. The average molecular weight is 441 g/mol. The van der Waals surface area contributed by atoms with E-state index >= 15 is 0 Å². The molecule has 5 heterocycles. The standard InChI is InChI=1S/C23H30N4O2.CH2O2/c1-2-7-19-16-12-17(20-8-3-5-10-26(19)20)15-25(14-16)22(28)18-13-24-21-9-4-6-11-27(21)23(18)29;2-1-3/h4,6,9,11,13,16-17,19-20H,2-3,5,7-8,10,12,14-15H2,1H3;1H,(H,2,3)/t16-,17+,19-,20-;/m0./s1. The number of amides is 1. The Hall–Kier alpha value is -2.74. The minimum Gasteiger partial charge on any atom is -0.483 e. The Kier molecular flexibility index (Phi) is 6.89. The minimum absolute atomic E-state index is 0.144. The van der Waals surface area contributed by atoms with E-state index in [1.807, 2.05) is 11.0 Å². The van der Waals surface area contributed by atoms with Crippen LogP contribution in [0.15, 0.2) is 35.4 Å². The molecule has 3 aliphatic rings. The van der Waals surface area contributed by atoms with Gasteiger partial charge in [-0.15, -0.1) is 0 Å². The van der Waals surface area contributed by atoms with Gasteiger partial charge in [-0.25, -0.2) is 4.98 Å². The zero-order chi connectivity index (χ0) is 22.7. The van der Waals surface area contributed by atoms with Crippen LogP contribution >= 0.6 is 0 Å². The van der Waals surface area contributed by atoms with Crippen LogP contribution in [-0.4, -0.2) is 68.4 Å². The lowest BCUT2D eigenvalue weighted by molar-refractivity contribution is -0.122. The highest BCUT2D eigenvalue weighted by Crippen LogP contribution is 2.42. The van der Waals surface area contributed by atoms with E-state index in [0.29, 0.717) is 29.6 Å². The Bertz CT molecular complexity index is 1020. The number of fused-ring (bicyclic) bond motifs is 5. The highest BCUT2D eigenvalue weighted by atomic mass is 16.3. The summed E-state index contributed by atoms with van der Waals surface area (Å²) in [6.07, 6.45) is 10.6. The fraction of sp³-hybridized carbons (Fsp3) is 0.583. The Balaban J connectivity index is 0.000000775. The highest BCUT2D eigenvalue weighted by molar-refractivity contribution is 5.93. The molecule has 0 aliphatic carbocycles. The summed E-state index contributed by atoms with van der Waals surface area (Å²) in [5.41, 5.74) is 0.507. The van der Waals surface area contributed by atoms with Gasteiger partial charge in [-0.05, 0) is 56.2 Å². The normalized spacial score (nSPS) is 27.2. The number of hydrogen-bond acceptors (Lipinski definition) is 5. The van der Waals surface area contributed by atoms with Crippen LogP contribution in [0.2, 0.25) is 0 Å². The van der Waals surface area contributed by atoms with E-state index in [1.165, 1.54) is 55.7 Å². The molecular weight excluding hydrogens is 408 g/mol. The number of pyridine rings is 1. The smallest absolute Gasteiger partial charge is 0.290 e. The van der Waals surface area contributed by atoms with Crippen molar-refractivity contribution in [3.8, 4) is 0 Å². The molecule has 8 heteroatoms. The summed E-state index contributed by atoms with van der Waals surface area (Å²) < 4.78 is 1.47. The second-order valence-corrected chi connectivity index (χ2v) is 9.13. The maximum absolute atomic E-state index is 13.4. The van der Waals surface area contributed by atoms with Crippen LogP contribution in [0.3, 0.4) is 0 Å². The molecule has 0 spiro atoms. The maximum Gasteiger partial charge on any atom is 0.290 e. The molecule has 8 nitrogen and oxygen atoms in total. The van der Waals surface area contributed by atoms with E-state index in [0.717, 1.165) is 13.1 Å². The predicted octanol–water partition coefficient (Wildman–Crippen LogP) is 2.51. The summed E-state index contributed by atoms with van der Waals surface area (Å²) >= 11 is 0. The first kappa shape index (κ1) is 22.5. The van der Waals surface area contributed by atoms with E-state index < -0.39 is 0 Å². The van der Waals surface area contributed by atoms with Gasteiger partial charge in [0.25, 0.3) is 17.9 Å². The summed E-state index contributed by atoms with van der Waals surface area (Å²) in [5, 5.41) is 6.89. The van der Waals surface area contributed by atoms with Crippen molar-refractivity contribution >= 4 is 18.0 Å². The van der Waals surface area contributed by atoms with E-state index in [-0.39, 0.29) is 23.5 Å². The van der Waals surface area contributed by atoms with Crippen LogP contribution in [0.1, 0.15) is 55.8 Å². The quantitative estimate of drug-likeness (QED) is 0.737. The minimum atomic E-state index is -0.263. The van der Waals surface area contributed by atoms with Gasteiger partial charge in [-0.1, -0.05) is 25.8 Å². The molecule has 4 atom stereocenters. The molecule has 0 radical (unpaired) electrons. The first-order valence-corrected chi connectivity index (χ1v) is 11.7. The summed E-state index contributed by atoms with van der Waals surface area (Å²) in [6.45, 7) is 4.76. The van der Waals surface area contributed by atoms with Gasteiger partial charge >= 0.3 is 0 Å². The molecule has 2 aromatic rings. The van der Waals surface area contributed by atoms with Crippen LogP contribution in [-0.2, 0) is 4.79 Å². The van der Waals surface area contributed by atoms with Gasteiger partial charge < -0.3 is 10.0 Å². The fourth-order valence-electron chi connectivity index (χ4n) is 6.11. The highest BCUT2D eigenvalue weighted by Gasteiger charge is 2.47. The molecule has 3 aliphatic heterocycles. The van der Waals surface area contributed by atoms with Crippen LogP contribution in [0.4, 0.5) is 0 Å². The van der Waals surface area contributed by atoms with Crippen LogP contribution in [0.5, 0.6) is 0 Å². The second-order valence-electron chi connectivity index (χ2n) is 9.13. The molecule has 1 amide bonds. The summed E-state index contributed by atoms with van der Waals surface area (Å²) in [6, 6.07) is 6.60. The van der Waals surface area contributed by atoms with Crippen LogP contribution in [0, 0.1) is 11.8 Å². The van der Waals surface area contributed by atoms with Crippen molar-refractivity contribution in [2.24, 2.45) is 11.8 Å². The Morgan fingerprint density at radius 3 is 2.81 bits per heavy atom. The number of nitrogens with zero attached hydrogens (tertiary/aromatic N) is 4. The van der Waals surface area contributed by atoms with Gasteiger partial charge in [0.05, 0.1) is 0 Å². The van der Waals surface area contributed by atoms with Crippen molar-refractivity contribution in [2.75, 3.05) is 19.6 Å². The second kappa shape index (κ2) is 9.81. The van der Waals surface area contributed by atoms with Gasteiger partial charge in [0, 0.05) is 37.6 Å². The monoisotopic (exact) mass is 440 g/mol. The molecule has 5 rings (SSSR count). The SMILES string of the molecule is CCC[C@H]1[C@H]2C[C@H](CN(C(=O)c3cnc4ccccn4c3=O)C2)[C@@H]2CCCCN21.O=CO. The number of rotatable bonds is 3. The van der Waals surface area contributed by atoms with Crippen molar-refractivity contribution < 1.29 is 14.7 Å². The zero-order valence-electron chi connectivity index (χ0n) is 18.6. The lowest BCUT2D eigenvalue weighted by Crippen LogP contribution is -2.64. The van der Waals surface area contributed by atoms with E-state index in [9.17, 15) is 9.59 Å². The third kappa shape index (κ3) is 4.16. The number of likely N-dealkylation sites (tertiary alicyclic amines) is 1. The number of aromatic nitrogens is 2. The van der Waals surface area contributed by atoms with E-state index in [1.54, 1.807) is 18.3 Å². The Labute approximate surface area is 187 Å². The lowest BCUT2D eigenvalue weighted by atomic mass is 9.71. The van der Waals surface area contributed by atoms with Gasteiger partial charge in [0.2, 0.25) is 0 Å². The van der Waals surface area contributed by atoms with Gasteiger partial charge in [-0.3, -0.25) is 23.7 Å². The largest absolute Gasteiger partial charge is 0.483 e. The molecule has 2 aromatic heterocycles. The third-order valence-electron chi connectivity index (χ3n) is 7.34. The molecule has 1 N–H and O–H groups in total. The van der Waals surface area contributed by atoms with Crippen LogP contribution in [0.25, 0.3) is 5.65 Å². The number of piperidine rings is 3. The van der Waals surface area contributed by atoms with E-state index in [2.05, 4.69) is 16.8 Å². The van der Waals surface area contributed by atoms with Crippen molar-refractivity contribution in [2.45, 2.75) is 57.5 Å². The molecule has 3 saturated heterocycles. The van der Waals surface area contributed by atoms with Gasteiger partial charge in [0.15, 0.2) is 0 Å². The maximum atomic E-state index is 13.4. The summed E-state index contributed by atoms with van der Waals surface area (Å²) in [5.74, 6) is 0.903. The number of carboxylic acid groups (broad SMARTS) is 1. The van der Waals surface area contributed by atoms with Crippen LogP contribution < -0.4 is 5.56 Å². The van der Waals surface area contributed by atoms with Gasteiger partial charge in [0.1, 0.15) is 11.2 Å². The molecule has 3 fully saturated rings. The van der Waals surface area contributed by atoms with E-state index in [4.69, 9.17) is 9.90 Å². The predicted molar refractivity (Wildman–Crippen MR) is 121 cm³/mol. The molecule has 2 bridgehead atoms. The Morgan fingerprint density at radius 1 is 1.25 bits per heavy atom. The van der Waals surface area contributed by atoms with Crippen molar-refractivity contribution in [3.05, 3.63) is 46.5 Å². The topological polar surface area (TPSA) is 95.2 Å². The fourth-order valence-corrected chi connectivity index (χ4v) is 6.11. The van der Waals surface area contributed by atoms with Crippen molar-refractivity contribution in [1.29, 1.82) is 0 Å². The molecule has 0 unspecified atom stereocenters. The lowest BCUT2D eigenvalue weighted by Gasteiger charge is -2.57. The summed E-state index contributed by atoms with van der Waals surface area (Å²) in [7, 11) is 0.